The van der Waals surface area contributed by atoms with Crippen LogP contribution in [0.25, 0.3) is 0 Å². The molecule has 1 aliphatic rings. The van der Waals surface area contributed by atoms with Crippen molar-refractivity contribution in [2.24, 2.45) is 5.73 Å². The summed E-state index contributed by atoms with van der Waals surface area (Å²) in [6.45, 7) is 0.311. The molecular weight excluding hydrogens is 342 g/mol. The maximum atomic E-state index is 12.5. The average molecular weight is 360 g/mol. The first-order chi connectivity index (χ1) is 10.7. The van der Waals surface area contributed by atoms with Gasteiger partial charge in [-0.1, -0.05) is 18.0 Å². The Hall–Kier alpha value is -1.64. The molecular formula is C14H18ClN3O4S. The summed E-state index contributed by atoms with van der Waals surface area (Å²) < 4.78 is 24.8. The zero-order valence-electron chi connectivity index (χ0n) is 12.6. The number of halogens is 1. The number of piperidine rings is 1. The molecule has 0 saturated carbocycles. The molecule has 1 aliphatic heterocycles. The number of benzene rings is 1. The lowest BCUT2D eigenvalue weighted by Crippen LogP contribution is -2.49. The van der Waals surface area contributed by atoms with Gasteiger partial charge in [-0.15, -0.1) is 0 Å². The molecule has 1 heterocycles. The summed E-state index contributed by atoms with van der Waals surface area (Å²) in [6.07, 6.45) is 3.00. The lowest BCUT2D eigenvalue weighted by molar-refractivity contribution is -0.120. The second kappa shape index (κ2) is 6.86. The number of nitrogens with two attached hydrogens (primary N) is 1. The molecule has 126 valence electrons. The molecule has 1 aromatic carbocycles. The molecule has 0 aliphatic carbocycles. The van der Waals surface area contributed by atoms with Gasteiger partial charge in [0.15, 0.2) is 0 Å². The molecule has 0 aromatic heterocycles. The summed E-state index contributed by atoms with van der Waals surface area (Å²) in [7, 11) is -3.48. The van der Waals surface area contributed by atoms with Crippen LogP contribution in [-0.4, -0.2) is 43.4 Å². The van der Waals surface area contributed by atoms with E-state index in [1.165, 1.54) is 22.5 Å². The number of carbonyl (C=O) groups excluding carboxylic acids is 2. The second-order valence-electron chi connectivity index (χ2n) is 5.43. The van der Waals surface area contributed by atoms with Crippen LogP contribution in [0.2, 0.25) is 5.02 Å². The summed E-state index contributed by atoms with van der Waals surface area (Å²) in [5, 5.41) is 2.83. The zero-order valence-corrected chi connectivity index (χ0v) is 14.2. The average Bonchev–Trinajstić information content (AvgIpc) is 2.48. The third-order valence-corrected chi connectivity index (χ3v) is 5.31. The molecule has 2 amide bonds. The van der Waals surface area contributed by atoms with Gasteiger partial charge < -0.3 is 11.1 Å². The predicted octanol–water partition coefficient (Wildman–Crippen LogP) is 1.19. The molecule has 1 saturated heterocycles. The third-order valence-electron chi connectivity index (χ3n) is 3.69. The Morgan fingerprint density at radius 2 is 2.04 bits per heavy atom. The van der Waals surface area contributed by atoms with E-state index in [1.807, 2.05) is 0 Å². The Morgan fingerprint density at radius 1 is 1.35 bits per heavy atom. The minimum atomic E-state index is -3.48. The number of carbonyl (C=O) groups is 2. The highest BCUT2D eigenvalue weighted by atomic mass is 35.5. The lowest BCUT2D eigenvalue weighted by atomic mass is 10.0. The van der Waals surface area contributed by atoms with Crippen LogP contribution in [-0.2, 0) is 14.8 Å². The van der Waals surface area contributed by atoms with Crippen molar-refractivity contribution in [2.45, 2.75) is 25.3 Å². The molecule has 7 nitrogen and oxygen atoms in total. The van der Waals surface area contributed by atoms with E-state index in [4.69, 9.17) is 17.3 Å². The van der Waals surface area contributed by atoms with Crippen molar-refractivity contribution in [3.05, 3.63) is 28.8 Å². The van der Waals surface area contributed by atoms with Gasteiger partial charge in [0.25, 0.3) is 0 Å². The van der Waals surface area contributed by atoms with Crippen LogP contribution in [0.1, 0.15) is 29.6 Å². The van der Waals surface area contributed by atoms with Gasteiger partial charge >= 0.3 is 0 Å². The normalized spacial score (nSPS) is 19.3. The minimum absolute atomic E-state index is 0.202. The Morgan fingerprint density at radius 3 is 2.65 bits per heavy atom. The van der Waals surface area contributed by atoms with Crippen molar-refractivity contribution < 1.29 is 18.0 Å². The van der Waals surface area contributed by atoms with Crippen molar-refractivity contribution in [1.82, 2.24) is 4.31 Å². The SMILES string of the molecule is CS(=O)(=O)N1CCCC[C@@H]1C(=O)Nc1cc(C(N)=O)ccc1Cl. The number of nitrogens with zero attached hydrogens (tertiary/aromatic N) is 1. The van der Waals surface area contributed by atoms with Gasteiger partial charge in [-0.2, -0.15) is 4.31 Å². The summed E-state index contributed by atoms with van der Waals surface area (Å²) >= 11 is 6.01. The van der Waals surface area contributed by atoms with Crippen LogP contribution < -0.4 is 11.1 Å². The Labute approximate surface area is 139 Å². The molecule has 9 heteroatoms. The van der Waals surface area contributed by atoms with Crippen molar-refractivity contribution in [3.8, 4) is 0 Å². The molecule has 0 bridgehead atoms. The molecule has 23 heavy (non-hydrogen) atoms. The fourth-order valence-electron chi connectivity index (χ4n) is 2.55. The van der Waals surface area contributed by atoms with E-state index in [9.17, 15) is 18.0 Å². The summed E-state index contributed by atoms with van der Waals surface area (Å²) in [5.41, 5.74) is 5.63. The number of hydrogen-bond donors (Lipinski definition) is 2. The maximum absolute atomic E-state index is 12.5. The smallest absolute Gasteiger partial charge is 0.248 e. The third kappa shape index (κ3) is 4.21. The molecule has 0 spiro atoms. The Balaban J connectivity index is 2.24. The topological polar surface area (TPSA) is 110 Å². The number of hydrogen-bond acceptors (Lipinski definition) is 4. The fraction of sp³-hybridized carbons (Fsp3) is 0.429. The number of amides is 2. The number of rotatable bonds is 4. The van der Waals surface area contributed by atoms with E-state index in [-0.39, 0.29) is 16.3 Å². The number of anilines is 1. The maximum Gasteiger partial charge on any atom is 0.248 e. The van der Waals surface area contributed by atoms with Crippen LogP contribution in [0, 0.1) is 0 Å². The van der Waals surface area contributed by atoms with E-state index in [0.29, 0.717) is 13.0 Å². The van der Waals surface area contributed by atoms with Crippen LogP contribution >= 0.6 is 11.6 Å². The van der Waals surface area contributed by atoms with Crippen LogP contribution in [0.4, 0.5) is 5.69 Å². The summed E-state index contributed by atoms with van der Waals surface area (Å²) in [4.78, 5) is 23.7. The summed E-state index contributed by atoms with van der Waals surface area (Å²) in [5.74, 6) is -1.12. The first-order valence-electron chi connectivity index (χ1n) is 7.07. The number of nitrogens with one attached hydrogen (secondary N) is 1. The van der Waals surface area contributed by atoms with E-state index in [1.54, 1.807) is 0 Å². The van der Waals surface area contributed by atoms with Crippen LogP contribution in [0.15, 0.2) is 18.2 Å². The molecule has 0 radical (unpaired) electrons. The van der Waals surface area contributed by atoms with Crippen molar-refractivity contribution in [3.63, 3.8) is 0 Å². The highest BCUT2D eigenvalue weighted by Gasteiger charge is 2.34. The van der Waals surface area contributed by atoms with Crippen LogP contribution in [0.3, 0.4) is 0 Å². The van der Waals surface area contributed by atoms with Gasteiger partial charge in [0.1, 0.15) is 6.04 Å². The summed E-state index contributed by atoms with van der Waals surface area (Å²) in [6, 6.07) is 3.49. The van der Waals surface area contributed by atoms with Gasteiger partial charge in [0.05, 0.1) is 17.0 Å². The van der Waals surface area contributed by atoms with Gasteiger partial charge in [-0.25, -0.2) is 8.42 Å². The molecule has 0 unspecified atom stereocenters. The number of sulfonamides is 1. The largest absolute Gasteiger partial charge is 0.366 e. The van der Waals surface area contributed by atoms with Crippen LogP contribution in [0.5, 0.6) is 0 Å². The molecule has 1 aromatic rings. The quantitative estimate of drug-likeness (QED) is 0.841. The van der Waals surface area contributed by atoms with E-state index in [0.717, 1.165) is 19.1 Å². The highest BCUT2D eigenvalue weighted by Crippen LogP contribution is 2.26. The standard InChI is InChI=1S/C14H18ClN3O4S/c1-23(21,22)18-7-3-2-4-12(18)14(20)17-11-8-9(13(16)19)5-6-10(11)15/h5-6,8,12H,2-4,7H2,1H3,(H2,16,19)(H,17,20)/t12-/m1/s1. The van der Waals surface area contributed by atoms with E-state index in [2.05, 4.69) is 5.32 Å². The second-order valence-corrected chi connectivity index (χ2v) is 7.78. The highest BCUT2D eigenvalue weighted by molar-refractivity contribution is 7.88. The van der Waals surface area contributed by atoms with Gasteiger partial charge in [0.2, 0.25) is 21.8 Å². The molecule has 1 fully saturated rings. The van der Waals surface area contributed by atoms with Gasteiger partial charge in [-0.3, -0.25) is 9.59 Å². The Kier molecular flexibility index (Phi) is 5.28. The number of primary amides is 1. The van der Waals surface area contributed by atoms with Gasteiger partial charge in [0, 0.05) is 12.1 Å². The monoisotopic (exact) mass is 359 g/mol. The van der Waals surface area contributed by atoms with Crippen molar-refractivity contribution in [1.29, 1.82) is 0 Å². The first-order valence-corrected chi connectivity index (χ1v) is 9.30. The first kappa shape index (κ1) is 17.7. The van der Waals surface area contributed by atoms with E-state index >= 15 is 0 Å². The lowest BCUT2D eigenvalue weighted by Gasteiger charge is -2.32. The molecule has 2 rings (SSSR count). The molecule has 3 N–H and O–H groups in total. The Bertz CT molecular complexity index is 736. The van der Waals surface area contributed by atoms with Crippen molar-refractivity contribution >= 4 is 39.1 Å². The zero-order chi connectivity index (χ0) is 17.2. The van der Waals surface area contributed by atoms with Crippen molar-refractivity contribution in [2.75, 3.05) is 18.1 Å². The van der Waals surface area contributed by atoms with E-state index < -0.39 is 27.9 Å². The minimum Gasteiger partial charge on any atom is -0.366 e. The predicted molar refractivity (Wildman–Crippen MR) is 87.8 cm³/mol. The fourth-order valence-corrected chi connectivity index (χ4v) is 3.84. The van der Waals surface area contributed by atoms with Gasteiger partial charge in [-0.05, 0) is 31.0 Å². The molecule has 1 atom stereocenters.